The van der Waals surface area contributed by atoms with E-state index in [4.69, 9.17) is 14.8 Å². The summed E-state index contributed by atoms with van der Waals surface area (Å²) in [4.78, 5) is 7.74. The molecule has 1 aliphatic rings. The van der Waals surface area contributed by atoms with Crippen LogP contribution in [0.5, 0.6) is 6.01 Å². The Labute approximate surface area is 81.9 Å². The molecule has 2 rings (SSSR count). The van der Waals surface area contributed by atoms with Gasteiger partial charge in [-0.25, -0.2) is 9.97 Å². The standard InChI is InChI=1S/C8H11BN2O3/c12-9(13)6-4-10-8(11-5-6)14-7-2-1-3-7/h4-5,7,12-13H,1-3H2. The van der Waals surface area contributed by atoms with Gasteiger partial charge in [0.05, 0.1) is 0 Å². The Bertz CT molecular complexity index is 300. The first-order chi connectivity index (χ1) is 6.75. The maximum Gasteiger partial charge on any atom is 0.491 e. The Morgan fingerprint density at radius 3 is 2.36 bits per heavy atom. The maximum atomic E-state index is 8.79. The van der Waals surface area contributed by atoms with Crippen LogP contribution in [0.1, 0.15) is 19.3 Å². The first-order valence-electron chi connectivity index (χ1n) is 4.60. The van der Waals surface area contributed by atoms with Gasteiger partial charge in [0.15, 0.2) is 0 Å². The Kier molecular flexibility index (Phi) is 2.65. The van der Waals surface area contributed by atoms with Crippen LogP contribution >= 0.6 is 0 Å². The fourth-order valence-electron chi connectivity index (χ4n) is 1.16. The highest BCUT2D eigenvalue weighted by Gasteiger charge is 2.20. The Hall–Kier alpha value is -1.14. The first kappa shape index (κ1) is 9.42. The molecule has 0 bridgehead atoms. The lowest BCUT2D eigenvalue weighted by molar-refractivity contribution is 0.108. The second-order valence-corrected chi connectivity index (χ2v) is 3.34. The molecular weight excluding hydrogens is 183 g/mol. The van der Waals surface area contributed by atoms with Crippen LogP contribution in [0.3, 0.4) is 0 Å². The second kappa shape index (κ2) is 3.94. The minimum absolute atomic E-state index is 0.236. The van der Waals surface area contributed by atoms with Gasteiger partial charge in [0.1, 0.15) is 6.10 Å². The highest BCUT2D eigenvalue weighted by atomic mass is 16.5. The van der Waals surface area contributed by atoms with Crippen LogP contribution in [0.4, 0.5) is 0 Å². The van der Waals surface area contributed by atoms with Gasteiger partial charge in [-0.3, -0.25) is 0 Å². The maximum absolute atomic E-state index is 8.79. The van der Waals surface area contributed by atoms with E-state index in [1.165, 1.54) is 18.8 Å². The van der Waals surface area contributed by atoms with Crippen molar-refractivity contribution in [3.63, 3.8) is 0 Å². The van der Waals surface area contributed by atoms with E-state index in [1.807, 2.05) is 0 Å². The Balaban J connectivity index is 1.98. The molecule has 0 aliphatic heterocycles. The number of nitrogens with zero attached hydrogens (tertiary/aromatic N) is 2. The summed E-state index contributed by atoms with van der Waals surface area (Å²) in [6.07, 6.45) is 6.23. The minimum atomic E-state index is -1.52. The minimum Gasteiger partial charge on any atom is -0.460 e. The number of aromatic nitrogens is 2. The zero-order valence-corrected chi connectivity index (χ0v) is 7.63. The quantitative estimate of drug-likeness (QED) is 0.609. The third-order valence-corrected chi connectivity index (χ3v) is 2.27. The molecule has 1 heterocycles. The van der Waals surface area contributed by atoms with Crippen molar-refractivity contribution < 1.29 is 14.8 Å². The summed E-state index contributed by atoms with van der Waals surface area (Å²) in [6.45, 7) is 0. The fraction of sp³-hybridized carbons (Fsp3) is 0.500. The Morgan fingerprint density at radius 2 is 1.93 bits per heavy atom. The van der Waals surface area contributed by atoms with Crippen LogP contribution < -0.4 is 10.2 Å². The molecule has 0 saturated heterocycles. The van der Waals surface area contributed by atoms with Crippen LogP contribution in [0.25, 0.3) is 0 Å². The zero-order chi connectivity index (χ0) is 9.97. The summed E-state index contributed by atoms with van der Waals surface area (Å²) in [7, 11) is -1.52. The molecule has 5 nitrogen and oxygen atoms in total. The van der Waals surface area contributed by atoms with Crippen LogP contribution in [-0.2, 0) is 0 Å². The summed E-state index contributed by atoms with van der Waals surface area (Å²) < 4.78 is 5.40. The van der Waals surface area contributed by atoms with Gasteiger partial charge in [0.25, 0.3) is 0 Å². The molecule has 0 atom stereocenters. The number of hydrogen-bond acceptors (Lipinski definition) is 5. The lowest BCUT2D eigenvalue weighted by Gasteiger charge is -2.24. The third kappa shape index (κ3) is 2.02. The third-order valence-electron chi connectivity index (χ3n) is 2.27. The van der Waals surface area contributed by atoms with Crippen LogP contribution in [0.15, 0.2) is 12.4 Å². The molecule has 1 aromatic heterocycles. The monoisotopic (exact) mass is 194 g/mol. The van der Waals surface area contributed by atoms with Gasteiger partial charge >= 0.3 is 13.1 Å². The smallest absolute Gasteiger partial charge is 0.460 e. The average molecular weight is 194 g/mol. The molecule has 0 radical (unpaired) electrons. The average Bonchev–Trinajstić information content (AvgIpc) is 2.12. The summed E-state index contributed by atoms with van der Waals surface area (Å²) in [5, 5.41) is 17.6. The van der Waals surface area contributed by atoms with Crippen LogP contribution in [-0.4, -0.2) is 33.2 Å². The van der Waals surface area contributed by atoms with E-state index in [-0.39, 0.29) is 11.6 Å². The highest BCUT2D eigenvalue weighted by Crippen LogP contribution is 2.22. The number of rotatable bonds is 3. The van der Waals surface area contributed by atoms with Crippen LogP contribution in [0, 0.1) is 0 Å². The first-order valence-corrected chi connectivity index (χ1v) is 4.60. The predicted molar refractivity (Wildman–Crippen MR) is 50.1 cm³/mol. The van der Waals surface area contributed by atoms with Crippen LogP contribution in [0.2, 0.25) is 0 Å². The molecule has 0 aromatic carbocycles. The molecule has 0 spiro atoms. The molecule has 0 unspecified atom stereocenters. The van der Waals surface area contributed by atoms with E-state index in [1.54, 1.807) is 0 Å². The summed E-state index contributed by atoms with van der Waals surface area (Å²) in [6, 6.07) is 0.305. The van der Waals surface area contributed by atoms with Gasteiger partial charge in [-0.1, -0.05) is 0 Å². The molecule has 2 N–H and O–H groups in total. The zero-order valence-electron chi connectivity index (χ0n) is 7.63. The molecule has 14 heavy (non-hydrogen) atoms. The van der Waals surface area contributed by atoms with Crippen molar-refractivity contribution in [3.05, 3.63) is 12.4 Å². The number of ether oxygens (including phenoxy) is 1. The normalized spacial score (nSPS) is 16.1. The molecular formula is C8H11BN2O3. The predicted octanol–water partition coefficient (Wildman–Crippen LogP) is -0.912. The molecule has 6 heteroatoms. The lowest BCUT2D eigenvalue weighted by atomic mass is 9.83. The lowest BCUT2D eigenvalue weighted by Crippen LogP contribution is -2.31. The molecule has 1 saturated carbocycles. The molecule has 74 valence electrons. The van der Waals surface area contributed by atoms with Crippen molar-refractivity contribution in [2.75, 3.05) is 0 Å². The van der Waals surface area contributed by atoms with Gasteiger partial charge < -0.3 is 14.8 Å². The van der Waals surface area contributed by atoms with Gasteiger partial charge in [0.2, 0.25) is 0 Å². The van der Waals surface area contributed by atoms with E-state index in [2.05, 4.69) is 9.97 Å². The summed E-state index contributed by atoms with van der Waals surface area (Å²) in [5.41, 5.74) is 0.269. The molecule has 1 aliphatic carbocycles. The molecule has 0 amide bonds. The van der Waals surface area contributed by atoms with E-state index in [9.17, 15) is 0 Å². The van der Waals surface area contributed by atoms with Crippen molar-refractivity contribution >= 4 is 12.6 Å². The van der Waals surface area contributed by atoms with E-state index >= 15 is 0 Å². The van der Waals surface area contributed by atoms with Crippen molar-refractivity contribution in [2.24, 2.45) is 0 Å². The van der Waals surface area contributed by atoms with E-state index in [0.717, 1.165) is 12.8 Å². The summed E-state index contributed by atoms with van der Waals surface area (Å²) in [5.74, 6) is 0. The SMILES string of the molecule is OB(O)c1cnc(OC2CCC2)nc1. The number of hydrogen-bond donors (Lipinski definition) is 2. The summed E-state index contributed by atoms with van der Waals surface area (Å²) >= 11 is 0. The fourth-order valence-corrected chi connectivity index (χ4v) is 1.16. The largest absolute Gasteiger partial charge is 0.491 e. The van der Waals surface area contributed by atoms with Gasteiger partial charge in [-0.15, -0.1) is 0 Å². The van der Waals surface area contributed by atoms with Crippen molar-refractivity contribution in [3.8, 4) is 6.01 Å². The van der Waals surface area contributed by atoms with Crippen molar-refractivity contribution in [2.45, 2.75) is 25.4 Å². The van der Waals surface area contributed by atoms with Gasteiger partial charge in [-0.05, 0) is 19.3 Å². The second-order valence-electron chi connectivity index (χ2n) is 3.34. The van der Waals surface area contributed by atoms with E-state index < -0.39 is 7.12 Å². The van der Waals surface area contributed by atoms with E-state index in [0.29, 0.717) is 6.01 Å². The van der Waals surface area contributed by atoms with Crippen molar-refractivity contribution in [1.29, 1.82) is 0 Å². The van der Waals surface area contributed by atoms with Crippen molar-refractivity contribution in [1.82, 2.24) is 9.97 Å². The Morgan fingerprint density at radius 1 is 1.29 bits per heavy atom. The molecule has 1 aromatic rings. The highest BCUT2D eigenvalue weighted by molar-refractivity contribution is 6.58. The molecule has 1 fully saturated rings. The van der Waals surface area contributed by atoms with Gasteiger partial charge in [0, 0.05) is 17.9 Å². The topological polar surface area (TPSA) is 75.5 Å². The van der Waals surface area contributed by atoms with Gasteiger partial charge in [-0.2, -0.15) is 0 Å².